The van der Waals surface area contributed by atoms with Crippen LogP contribution in [0.5, 0.6) is 0 Å². The molecule has 0 bridgehead atoms. The average Bonchev–Trinajstić information content (AvgIpc) is 3.24. The van der Waals surface area contributed by atoms with Crippen molar-refractivity contribution in [1.29, 1.82) is 0 Å². The van der Waals surface area contributed by atoms with E-state index in [0.717, 1.165) is 13.1 Å². The first kappa shape index (κ1) is 15.4. The van der Waals surface area contributed by atoms with Crippen molar-refractivity contribution < 1.29 is 4.79 Å². The Kier molecular flexibility index (Phi) is 4.10. The molecule has 1 saturated heterocycles. The molecule has 1 aliphatic heterocycles. The van der Waals surface area contributed by atoms with E-state index in [2.05, 4.69) is 46.5 Å². The van der Waals surface area contributed by atoms with Gasteiger partial charge < -0.3 is 5.32 Å². The van der Waals surface area contributed by atoms with Crippen molar-refractivity contribution in [3.8, 4) is 0 Å². The molecule has 1 aromatic heterocycles. The van der Waals surface area contributed by atoms with Crippen LogP contribution < -0.4 is 5.32 Å². The van der Waals surface area contributed by atoms with Crippen molar-refractivity contribution in [2.45, 2.75) is 31.8 Å². The molecule has 24 heavy (non-hydrogen) atoms. The lowest BCUT2D eigenvalue weighted by atomic mass is 10.0. The number of hydrogen-bond acceptors (Lipinski definition) is 3. The minimum Gasteiger partial charge on any atom is -0.348 e. The van der Waals surface area contributed by atoms with Crippen LogP contribution in [-0.2, 0) is 4.79 Å². The predicted octanol–water partition coefficient (Wildman–Crippen LogP) is 2.32. The monoisotopic (exact) mass is 324 g/mol. The third kappa shape index (κ3) is 3.36. The predicted molar refractivity (Wildman–Crippen MR) is 92.5 cm³/mol. The zero-order valence-corrected chi connectivity index (χ0v) is 14.1. The molecule has 2 aliphatic rings. The number of nitrogens with zero attached hydrogens (tertiary/aromatic N) is 3. The number of carbonyl (C=O) groups is 1. The Hall–Kier alpha value is -2.14. The van der Waals surface area contributed by atoms with Crippen LogP contribution >= 0.6 is 0 Å². The summed E-state index contributed by atoms with van der Waals surface area (Å²) < 4.78 is 1.98. The molecule has 1 aliphatic carbocycles. The number of aromatic nitrogens is 2. The first-order valence-electron chi connectivity index (χ1n) is 8.76. The summed E-state index contributed by atoms with van der Waals surface area (Å²) >= 11 is 0. The molecule has 2 fully saturated rings. The fraction of sp³-hybridized carbons (Fsp3) is 0.474. The Morgan fingerprint density at radius 1 is 1.29 bits per heavy atom. The summed E-state index contributed by atoms with van der Waals surface area (Å²) in [6, 6.07) is 11.1. The normalized spacial score (nSPS) is 19.7. The quantitative estimate of drug-likeness (QED) is 0.887. The van der Waals surface area contributed by atoms with Crippen LogP contribution in [0.1, 0.15) is 36.1 Å². The maximum absolute atomic E-state index is 12.4. The van der Waals surface area contributed by atoms with Gasteiger partial charge in [0.25, 0.3) is 0 Å². The van der Waals surface area contributed by atoms with Crippen molar-refractivity contribution in [1.82, 2.24) is 20.0 Å². The SMILES string of the molecule is Cc1ccc(C(NC(=O)CN2CC(n3cccn3)C2)C2CC2)cc1. The molecule has 1 N–H and O–H groups in total. The zero-order chi connectivity index (χ0) is 16.5. The molecule has 1 atom stereocenters. The highest BCUT2D eigenvalue weighted by Gasteiger charge is 2.35. The van der Waals surface area contributed by atoms with Crippen molar-refractivity contribution in [2.75, 3.05) is 19.6 Å². The van der Waals surface area contributed by atoms with E-state index < -0.39 is 0 Å². The van der Waals surface area contributed by atoms with Crippen LogP contribution in [0.25, 0.3) is 0 Å². The highest BCUT2D eigenvalue weighted by atomic mass is 16.2. The maximum Gasteiger partial charge on any atom is 0.234 e. The van der Waals surface area contributed by atoms with Crippen molar-refractivity contribution in [2.24, 2.45) is 5.92 Å². The molecule has 0 spiro atoms. The number of nitrogens with one attached hydrogen (secondary N) is 1. The number of aryl methyl sites for hydroxylation is 1. The Balaban J connectivity index is 1.31. The van der Waals surface area contributed by atoms with E-state index in [1.54, 1.807) is 6.20 Å². The Bertz CT molecular complexity index is 685. The van der Waals surface area contributed by atoms with E-state index >= 15 is 0 Å². The first-order valence-corrected chi connectivity index (χ1v) is 8.76. The largest absolute Gasteiger partial charge is 0.348 e. The number of hydrogen-bond donors (Lipinski definition) is 1. The third-order valence-electron chi connectivity index (χ3n) is 5.05. The van der Waals surface area contributed by atoms with Gasteiger partial charge in [0.15, 0.2) is 0 Å². The van der Waals surface area contributed by atoms with Crippen LogP contribution in [0, 0.1) is 12.8 Å². The summed E-state index contributed by atoms with van der Waals surface area (Å²) in [6.45, 7) is 4.36. The highest BCUT2D eigenvalue weighted by Crippen LogP contribution is 2.41. The lowest BCUT2D eigenvalue weighted by molar-refractivity contribution is -0.124. The topological polar surface area (TPSA) is 50.2 Å². The fourth-order valence-corrected chi connectivity index (χ4v) is 3.43. The van der Waals surface area contributed by atoms with Crippen LogP contribution in [0.4, 0.5) is 0 Å². The van der Waals surface area contributed by atoms with Crippen LogP contribution in [-0.4, -0.2) is 40.2 Å². The summed E-state index contributed by atoms with van der Waals surface area (Å²) in [5, 5.41) is 7.53. The van der Waals surface area contributed by atoms with Gasteiger partial charge in [-0.25, -0.2) is 0 Å². The molecule has 0 radical (unpaired) electrons. The average molecular weight is 324 g/mol. The van der Waals surface area contributed by atoms with Gasteiger partial charge in [-0.3, -0.25) is 14.4 Å². The summed E-state index contributed by atoms with van der Waals surface area (Å²) in [5.74, 6) is 0.733. The van der Waals surface area contributed by atoms with Crippen molar-refractivity contribution in [3.05, 3.63) is 53.9 Å². The lowest BCUT2D eigenvalue weighted by Crippen LogP contribution is -2.51. The molecule has 1 aromatic carbocycles. The number of benzene rings is 1. The minimum atomic E-state index is 0.131. The van der Waals surface area contributed by atoms with E-state index in [-0.39, 0.29) is 11.9 Å². The zero-order valence-electron chi connectivity index (χ0n) is 14.1. The highest BCUT2D eigenvalue weighted by molar-refractivity contribution is 5.78. The number of carbonyl (C=O) groups excluding carboxylic acids is 1. The minimum absolute atomic E-state index is 0.131. The standard InChI is InChI=1S/C19H24N4O/c1-14-3-5-15(6-4-14)19(16-7-8-16)21-18(24)13-22-11-17(12-22)23-10-2-9-20-23/h2-6,9-10,16-17,19H,7-8,11-13H2,1H3,(H,21,24). The van der Waals surface area contributed by atoms with E-state index in [1.165, 1.54) is 24.0 Å². The Morgan fingerprint density at radius 2 is 2.04 bits per heavy atom. The summed E-state index contributed by atoms with van der Waals surface area (Å²) in [5.41, 5.74) is 2.49. The van der Waals surface area contributed by atoms with Gasteiger partial charge in [-0.05, 0) is 37.3 Å². The second kappa shape index (κ2) is 6.40. The molecule has 126 valence electrons. The number of likely N-dealkylation sites (tertiary alicyclic amines) is 1. The van der Waals surface area contributed by atoms with Crippen LogP contribution in [0.15, 0.2) is 42.7 Å². The van der Waals surface area contributed by atoms with Crippen LogP contribution in [0.2, 0.25) is 0 Å². The summed E-state index contributed by atoms with van der Waals surface area (Å²) in [4.78, 5) is 14.6. The van der Waals surface area contributed by atoms with E-state index in [4.69, 9.17) is 0 Å². The van der Waals surface area contributed by atoms with Gasteiger partial charge in [0, 0.05) is 25.5 Å². The second-order valence-corrected chi connectivity index (χ2v) is 7.13. The molecule has 5 nitrogen and oxygen atoms in total. The van der Waals surface area contributed by atoms with Gasteiger partial charge in [0.1, 0.15) is 0 Å². The number of rotatable bonds is 6. The fourth-order valence-electron chi connectivity index (χ4n) is 3.43. The van der Waals surface area contributed by atoms with Crippen molar-refractivity contribution >= 4 is 5.91 Å². The van der Waals surface area contributed by atoms with E-state index in [1.807, 2.05) is 16.9 Å². The molecule has 5 heteroatoms. The molecule has 1 saturated carbocycles. The van der Waals surface area contributed by atoms with Crippen molar-refractivity contribution in [3.63, 3.8) is 0 Å². The molecule has 2 aromatic rings. The first-order chi connectivity index (χ1) is 11.7. The van der Waals surface area contributed by atoms with E-state index in [0.29, 0.717) is 18.5 Å². The molecule has 1 amide bonds. The third-order valence-corrected chi connectivity index (χ3v) is 5.05. The smallest absolute Gasteiger partial charge is 0.234 e. The Morgan fingerprint density at radius 3 is 2.67 bits per heavy atom. The Labute approximate surface area is 142 Å². The van der Waals surface area contributed by atoms with Gasteiger partial charge in [0.05, 0.1) is 18.6 Å². The summed E-state index contributed by atoms with van der Waals surface area (Å²) in [7, 11) is 0. The van der Waals surface area contributed by atoms with Crippen LogP contribution in [0.3, 0.4) is 0 Å². The van der Waals surface area contributed by atoms with Gasteiger partial charge >= 0.3 is 0 Å². The van der Waals surface area contributed by atoms with Gasteiger partial charge in [-0.15, -0.1) is 0 Å². The maximum atomic E-state index is 12.4. The van der Waals surface area contributed by atoms with Gasteiger partial charge in [-0.1, -0.05) is 29.8 Å². The molecule has 4 rings (SSSR count). The second-order valence-electron chi connectivity index (χ2n) is 7.13. The number of amides is 1. The molecular formula is C19H24N4O. The van der Waals surface area contributed by atoms with E-state index in [9.17, 15) is 4.79 Å². The lowest BCUT2D eigenvalue weighted by Gasteiger charge is -2.38. The molecule has 1 unspecified atom stereocenters. The van der Waals surface area contributed by atoms with Gasteiger partial charge in [0.2, 0.25) is 5.91 Å². The molecular weight excluding hydrogens is 300 g/mol. The molecule has 2 heterocycles. The summed E-state index contributed by atoms with van der Waals surface area (Å²) in [6.07, 6.45) is 6.22. The van der Waals surface area contributed by atoms with Gasteiger partial charge in [-0.2, -0.15) is 5.10 Å².